The van der Waals surface area contributed by atoms with Gasteiger partial charge in [0.05, 0.1) is 17.9 Å². The Kier molecular flexibility index (Phi) is 9.72. The number of hydrogen-bond donors (Lipinski definition) is 2. The van der Waals surface area contributed by atoms with E-state index < -0.39 is 0 Å². The summed E-state index contributed by atoms with van der Waals surface area (Å²) >= 11 is 8.93. The maximum absolute atomic E-state index is 12.9. The zero-order chi connectivity index (χ0) is 28.9. The third-order valence-electron chi connectivity index (χ3n) is 7.04. The van der Waals surface area contributed by atoms with Crippen molar-refractivity contribution in [1.82, 2.24) is 20.1 Å². The van der Waals surface area contributed by atoms with Gasteiger partial charge in [-0.15, -0.1) is 21.5 Å². The summed E-state index contributed by atoms with van der Waals surface area (Å²) in [6.45, 7) is 9.51. The molecule has 0 aliphatic heterocycles. The van der Waals surface area contributed by atoms with Crippen LogP contribution < -0.4 is 10.6 Å². The molecule has 0 spiro atoms. The van der Waals surface area contributed by atoms with Crippen LogP contribution in [0.3, 0.4) is 0 Å². The van der Waals surface area contributed by atoms with Crippen molar-refractivity contribution >= 4 is 57.6 Å². The molecule has 0 fully saturated rings. The van der Waals surface area contributed by atoms with E-state index in [4.69, 9.17) is 11.6 Å². The Morgan fingerprint density at radius 1 is 1.30 bits per heavy atom. The molecular weight excluding hydrogens is 564 g/mol. The summed E-state index contributed by atoms with van der Waals surface area (Å²) in [4.78, 5) is 26.4. The van der Waals surface area contributed by atoms with Gasteiger partial charge in [0.2, 0.25) is 11.8 Å². The highest BCUT2D eigenvalue weighted by Gasteiger charge is 2.32. The highest BCUT2D eigenvalue weighted by Crippen LogP contribution is 2.44. The third kappa shape index (κ3) is 7.14. The van der Waals surface area contributed by atoms with Crippen LogP contribution in [0.15, 0.2) is 35.5 Å². The van der Waals surface area contributed by atoms with Crippen LogP contribution in [0, 0.1) is 22.7 Å². The first-order chi connectivity index (χ1) is 19.1. The Bertz CT molecular complexity index is 1460. The summed E-state index contributed by atoms with van der Waals surface area (Å²) in [6, 6.07) is 9.59. The summed E-state index contributed by atoms with van der Waals surface area (Å²) < 4.78 is 1.87. The smallest absolute Gasteiger partial charge is 0.244 e. The van der Waals surface area contributed by atoms with Gasteiger partial charge in [-0.3, -0.25) is 9.59 Å². The Morgan fingerprint density at radius 2 is 2.08 bits per heavy atom. The maximum atomic E-state index is 12.9. The molecule has 210 valence electrons. The van der Waals surface area contributed by atoms with Crippen LogP contribution in [0.2, 0.25) is 5.02 Å². The molecule has 3 aromatic rings. The molecule has 8 nitrogen and oxygen atoms in total. The summed E-state index contributed by atoms with van der Waals surface area (Å²) in [5, 5.41) is 25.8. The molecule has 11 heteroatoms. The van der Waals surface area contributed by atoms with Crippen molar-refractivity contribution in [3.63, 3.8) is 0 Å². The van der Waals surface area contributed by atoms with Crippen LogP contribution in [0.1, 0.15) is 61.5 Å². The van der Waals surface area contributed by atoms with E-state index in [1.165, 1.54) is 34.1 Å². The van der Waals surface area contributed by atoms with Crippen molar-refractivity contribution in [2.45, 2.75) is 65.2 Å². The lowest BCUT2D eigenvalue weighted by Gasteiger charge is -2.33. The summed E-state index contributed by atoms with van der Waals surface area (Å²) in [6.07, 6.45) is 5.95. The quantitative estimate of drug-likeness (QED) is 0.228. The van der Waals surface area contributed by atoms with E-state index in [0.717, 1.165) is 30.4 Å². The van der Waals surface area contributed by atoms with E-state index in [9.17, 15) is 14.9 Å². The molecule has 2 aromatic heterocycles. The standard InChI is InChI=1S/C29H33ClN6O2S2/c1-5-36-24(16-32-25(37)13-10-18-8-6-7-9-22(18)30)34-35-28(36)39-17-26(38)33-27-21(15-31)20-12-11-19(29(2,3)4)14-23(20)40-27/h6-10,13,19H,5,11-12,14,16-17H2,1-4H3,(H,32,37)(H,33,38)/b13-10+/t19-/m0/s1. The molecule has 0 radical (unpaired) electrons. The summed E-state index contributed by atoms with van der Waals surface area (Å²) in [5.41, 5.74) is 2.66. The Morgan fingerprint density at radius 3 is 2.77 bits per heavy atom. The number of nitrogens with zero attached hydrogens (tertiary/aromatic N) is 4. The van der Waals surface area contributed by atoms with Crippen molar-refractivity contribution < 1.29 is 9.59 Å². The van der Waals surface area contributed by atoms with Gasteiger partial charge in [-0.1, -0.05) is 62.3 Å². The number of thiophene rings is 1. The van der Waals surface area contributed by atoms with E-state index in [1.54, 1.807) is 12.1 Å². The Labute approximate surface area is 248 Å². The lowest BCUT2D eigenvalue weighted by molar-refractivity contribution is -0.116. The van der Waals surface area contributed by atoms with Crippen LogP contribution in [-0.2, 0) is 35.5 Å². The number of carbonyl (C=O) groups excluding carboxylic acids is 2. The van der Waals surface area contributed by atoms with Crippen LogP contribution in [0.4, 0.5) is 5.00 Å². The minimum Gasteiger partial charge on any atom is -0.345 e. The van der Waals surface area contributed by atoms with Crippen molar-refractivity contribution in [3.05, 3.63) is 62.8 Å². The van der Waals surface area contributed by atoms with Crippen molar-refractivity contribution in [3.8, 4) is 6.07 Å². The van der Waals surface area contributed by atoms with Crippen LogP contribution in [0.5, 0.6) is 0 Å². The van der Waals surface area contributed by atoms with E-state index in [1.807, 2.05) is 29.7 Å². The predicted octanol–water partition coefficient (Wildman–Crippen LogP) is 6.10. The SMILES string of the molecule is CCn1c(CNC(=O)/C=C/c2ccccc2Cl)nnc1SCC(=O)Nc1sc2c(c1C#N)CC[C@H](C(C)(C)C)C2. The molecule has 0 saturated heterocycles. The van der Waals surface area contributed by atoms with Gasteiger partial charge in [-0.25, -0.2) is 0 Å². The minimum atomic E-state index is -0.278. The Balaban J connectivity index is 1.33. The largest absolute Gasteiger partial charge is 0.345 e. The van der Waals surface area contributed by atoms with Gasteiger partial charge in [-0.2, -0.15) is 5.26 Å². The summed E-state index contributed by atoms with van der Waals surface area (Å²) in [7, 11) is 0. The van der Waals surface area contributed by atoms with Gasteiger partial charge >= 0.3 is 0 Å². The number of amides is 2. The number of fused-ring (bicyclic) bond motifs is 1. The highest BCUT2D eigenvalue weighted by atomic mass is 35.5. The number of anilines is 1. The molecule has 0 bridgehead atoms. The van der Waals surface area contributed by atoms with E-state index >= 15 is 0 Å². The lowest BCUT2D eigenvalue weighted by atomic mass is 9.72. The van der Waals surface area contributed by atoms with Gasteiger partial charge in [0.1, 0.15) is 11.1 Å². The first-order valence-corrected chi connectivity index (χ1v) is 15.4. The Hall–Kier alpha value is -3.13. The number of halogens is 1. The van der Waals surface area contributed by atoms with Crippen molar-refractivity contribution in [1.29, 1.82) is 5.26 Å². The van der Waals surface area contributed by atoms with Crippen LogP contribution in [-0.4, -0.2) is 32.3 Å². The first-order valence-electron chi connectivity index (χ1n) is 13.2. The number of rotatable bonds is 9. The van der Waals surface area contributed by atoms with Crippen molar-refractivity contribution in [2.75, 3.05) is 11.1 Å². The van der Waals surface area contributed by atoms with E-state index in [0.29, 0.717) is 39.0 Å². The van der Waals surface area contributed by atoms with Gasteiger partial charge in [0.15, 0.2) is 11.0 Å². The second-order valence-electron chi connectivity index (χ2n) is 10.7. The van der Waals surface area contributed by atoms with Gasteiger partial charge in [0, 0.05) is 22.5 Å². The molecule has 0 unspecified atom stereocenters. The van der Waals surface area contributed by atoms with Crippen molar-refractivity contribution in [2.24, 2.45) is 11.3 Å². The number of carbonyl (C=O) groups is 2. The maximum Gasteiger partial charge on any atom is 0.244 e. The fourth-order valence-corrected chi connectivity index (χ4v) is 7.01. The third-order valence-corrected chi connectivity index (χ3v) is 9.52. The average Bonchev–Trinajstić information content (AvgIpc) is 3.48. The van der Waals surface area contributed by atoms with Crippen LogP contribution >= 0.6 is 34.7 Å². The number of hydrogen-bond acceptors (Lipinski definition) is 7. The second-order valence-corrected chi connectivity index (χ2v) is 13.1. The fourth-order valence-electron chi connectivity index (χ4n) is 4.70. The van der Waals surface area contributed by atoms with Gasteiger partial charge in [-0.05, 0) is 60.8 Å². The molecular formula is C29H33ClN6O2S2. The molecule has 1 aromatic carbocycles. The number of benzene rings is 1. The minimum absolute atomic E-state index is 0.128. The topological polar surface area (TPSA) is 113 Å². The zero-order valence-electron chi connectivity index (χ0n) is 23.1. The first kappa shape index (κ1) is 29.8. The molecule has 1 aliphatic carbocycles. The molecule has 2 N–H and O–H groups in total. The molecule has 2 amide bonds. The second kappa shape index (κ2) is 13.0. The average molecular weight is 597 g/mol. The molecule has 1 atom stereocenters. The molecule has 1 aliphatic rings. The summed E-state index contributed by atoms with van der Waals surface area (Å²) in [5.74, 6) is 0.805. The van der Waals surface area contributed by atoms with Gasteiger partial charge < -0.3 is 15.2 Å². The number of thioether (sulfide) groups is 1. The van der Waals surface area contributed by atoms with E-state index in [-0.39, 0.29) is 29.5 Å². The zero-order valence-corrected chi connectivity index (χ0v) is 25.5. The lowest BCUT2D eigenvalue weighted by Crippen LogP contribution is -2.26. The molecule has 40 heavy (non-hydrogen) atoms. The monoisotopic (exact) mass is 596 g/mol. The fraction of sp³-hybridized carbons (Fsp3) is 0.414. The molecule has 4 rings (SSSR count). The van der Waals surface area contributed by atoms with Crippen LogP contribution in [0.25, 0.3) is 6.08 Å². The van der Waals surface area contributed by atoms with Gasteiger partial charge in [0.25, 0.3) is 0 Å². The highest BCUT2D eigenvalue weighted by molar-refractivity contribution is 7.99. The predicted molar refractivity (Wildman–Crippen MR) is 161 cm³/mol. The normalized spacial score (nSPS) is 15.1. The number of aromatic nitrogens is 3. The van der Waals surface area contributed by atoms with E-state index in [2.05, 4.69) is 47.7 Å². The number of nitrogens with one attached hydrogen (secondary N) is 2. The number of nitriles is 1. The molecule has 0 saturated carbocycles. The molecule has 2 heterocycles.